The number of nitrogens with zero attached hydrogens (tertiary/aromatic N) is 1. The van der Waals surface area contributed by atoms with Crippen molar-refractivity contribution < 1.29 is 21.8 Å². The maximum Gasteiger partial charge on any atom is 0.673 e. The number of aryl methyl sites for hydroxylation is 2. The minimum Gasteiger partial charge on any atom is -0.418 e. The fraction of sp³-hybridized carbons (Fsp3) is 0.258. The molecular weight excluding hydrogens is 473 g/mol. The first-order valence-corrected chi connectivity index (χ1v) is 13.1. The Morgan fingerprint density at radius 3 is 1.59 bits per heavy atom. The number of unbranched alkanes of at least 4 members (excludes halogenated alkanes) is 1. The average molecular weight is 503 g/mol. The Morgan fingerprint density at radius 1 is 0.649 bits per heavy atom. The van der Waals surface area contributed by atoms with E-state index in [-0.39, 0.29) is 0 Å². The van der Waals surface area contributed by atoms with Gasteiger partial charge in [-0.1, -0.05) is 80.1 Å². The lowest BCUT2D eigenvalue weighted by atomic mass is 9.77. The van der Waals surface area contributed by atoms with Crippen LogP contribution in [0.3, 0.4) is 0 Å². The Morgan fingerprint density at radius 2 is 1.11 bits per heavy atom. The van der Waals surface area contributed by atoms with Gasteiger partial charge in [0.2, 0.25) is 11.4 Å². The van der Waals surface area contributed by atoms with E-state index in [0.717, 1.165) is 32.2 Å². The minimum atomic E-state index is -6.00. The molecule has 2 aliphatic carbocycles. The van der Waals surface area contributed by atoms with Gasteiger partial charge in [0.05, 0.1) is 0 Å². The predicted octanol–water partition coefficient (Wildman–Crippen LogP) is 8.27. The predicted molar refractivity (Wildman–Crippen MR) is 143 cm³/mol. The summed E-state index contributed by atoms with van der Waals surface area (Å²) in [6, 6.07) is 29.4. The third-order valence-corrected chi connectivity index (χ3v) is 7.35. The van der Waals surface area contributed by atoms with Crippen LogP contribution in [0.5, 0.6) is 0 Å². The van der Waals surface area contributed by atoms with Crippen LogP contribution >= 0.6 is 0 Å². The highest BCUT2D eigenvalue weighted by Gasteiger charge is 2.37. The molecule has 190 valence electrons. The van der Waals surface area contributed by atoms with Crippen molar-refractivity contribution in [2.24, 2.45) is 0 Å². The van der Waals surface area contributed by atoms with Gasteiger partial charge >= 0.3 is 7.25 Å². The smallest absolute Gasteiger partial charge is 0.418 e. The average Bonchev–Trinajstić information content (AvgIpc) is 2.90. The summed E-state index contributed by atoms with van der Waals surface area (Å²) in [6.07, 6.45) is 6.92. The molecule has 0 atom stereocenters. The highest BCUT2D eigenvalue weighted by atomic mass is 19.5. The lowest BCUT2D eigenvalue weighted by Gasteiger charge is -2.28. The summed E-state index contributed by atoms with van der Waals surface area (Å²) in [5.74, 6) is 0. The third kappa shape index (κ3) is 5.20. The van der Waals surface area contributed by atoms with E-state index in [2.05, 4.69) is 90.4 Å². The quantitative estimate of drug-likeness (QED) is 0.150. The highest BCUT2D eigenvalue weighted by molar-refractivity contribution is 6.50. The zero-order valence-corrected chi connectivity index (χ0v) is 21.0. The second-order valence-electron chi connectivity index (χ2n) is 9.71. The largest absolute Gasteiger partial charge is 0.673 e. The summed E-state index contributed by atoms with van der Waals surface area (Å²) in [5, 5.41) is 0. The molecule has 0 radical (unpaired) electrons. The van der Waals surface area contributed by atoms with Gasteiger partial charge in [0.25, 0.3) is 0 Å². The molecule has 0 aliphatic heterocycles. The number of pyridine rings is 1. The van der Waals surface area contributed by atoms with Gasteiger partial charge < -0.3 is 17.3 Å². The standard InChI is InChI=1S/C31H30N.BF4/c1-2-3-21-32-30-25-15-9-7-11-22(25)17-19-27(30)29(24-13-5-4-6-14-24)28-20-18-23-12-8-10-16-26(23)31(28)32;2-1(3,4)5/h4-16H,2-3,17-21H2,1H3;/q+1;-1. The first-order valence-electron chi connectivity index (χ1n) is 13.1. The van der Waals surface area contributed by atoms with Crippen molar-refractivity contribution in [2.75, 3.05) is 0 Å². The molecular formula is C31H30BF4N. The highest BCUT2D eigenvalue weighted by Crippen LogP contribution is 2.44. The summed E-state index contributed by atoms with van der Waals surface area (Å²) in [7, 11) is -6.00. The van der Waals surface area contributed by atoms with Crippen LogP contribution < -0.4 is 4.57 Å². The van der Waals surface area contributed by atoms with E-state index in [1.807, 2.05) is 0 Å². The lowest BCUT2D eigenvalue weighted by Crippen LogP contribution is -2.43. The number of rotatable bonds is 4. The maximum atomic E-state index is 9.75. The molecule has 4 aromatic rings. The van der Waals surface area contributed by atoms with E-state index in [4.69, 9.17) is 0 Å². The number of aromatic nitrogens is 1. The van der Waals surface area contributed by atoms with Gasteiger partial charge in [-0.05, 0) is 54.5 Å². The van der Waals surface area contributed by atoms with Gasteiger partial charge in [-0.3, -0.25) is 0 Å². The van der Waals surface area contributed by atoms with Gasteiger partial charge in [-0.15, -0.1) is 0 Å². The van der Waals surface area contributed by atoms with E-state index in [1.54, 1.807) is 11.1 Å². The summed E-state index contributed by atoms with van der Waals surface area (Å²) in [5.41, 5.74) is 14.8. The molecule has 1 heterocycles. The number of hydrogen-bond acceptors (Lipinski definition) is 0. The van der Waals surface area contributed by atoms with Crippen LogP contribution in [0.2, 0.25) is 0 Å². The van der Waals surface area contributed by atoms with Crippen molar-refractivity contribution in [2.45, 2.75) is 52.0 Å². The van der Waals surface area contributed by atoms with Crippen LogP contribution in [0.4, 0.5) is 17.3 Å². The van der Waals surface area contributed by atoms with Crippen molar-refractivity contribution >= 4 is 7.25 Å². The van der Waals surface area contributed by atoms with Gasteiger partial charge in [0.15, 0.2) is 0 Å². The summed E-state index contributed by atoms with van der Waals surface area (Å²) in [4.78, 5) is 0. The Labute approximate surface area is 215 Å². The third-order valence-electron chi connectivity index (χ3n) is 7.35. The molecule has 0 bridgehead atoms. The number of halogens is 4. The molecule has 0 saturated carbocycles. The molecule has 1 nitrogen and oxygen atoms in total. The zero-order chi connectivity index (χ0) is 26.0. The van der Waals surface area contributed by atoms with Gasteiger partial charge in [0.1, 0.15) is 6.54 Å². The molecule has 0 amide bonds. The van der Waals surface area contributed by atoms with E-state index >= 15 is 0 Å². The van der Waals surface area contributed by atoms with Crippen LogP contribution in [0.25, 0.3) is 33.6 Å². The molecule has 0 N–H and O–H groups in total. The second kappa shape index (κ2) is 10.5. The Bertz CT molecular complexity index is 1330. The molecule has 0 fully saturated rings. The number of hydrogen-bond donors (Lipinski definition) is 0. The number of benzene rings is 3. The minimum absolute atomic E-state index is 1.08. The van der Waals surface area contributed by atoms with E-state index in [1.165, 1.54) is 57.6 Å². The summed E-state index contributed by atoms with van der Waals surface area (Å²) in [6.45, 7) is 3.39. The zero-order valence-electron chi connectivity index (χ0n) is 21.0. The van der Waals surface area contributed by atoms with Crippen molar-refractivity contribution in [1.82, 2.24) is 0 Å². The lowest BCUT2D eigenvalue weighted by molar-refractivity contribution is -0.676. The van der Waals surface area contributed by atoms with E-state index in [9.17, 15) is 17.3 Å². The molecule has 0 unspecified atom stereocenters. The summed E-state index contributed by atoms with van der Waals surface area (Å²) >= 11 is 0. The van der Waals surface area contributed by atoms with Gasteiger partial charge in [0, 0.05) is 34.2 Å². The molecule has 1 aromatic heterocycles. The Hall–Kier alpha value is -3.41. The fourth-order valence-corrected chi connectivity index (χ4v) is 5.91. The monoisotopic (exact) mass is 503 g/mol. The van der Waals surface area contributed by atoms with Crippen LogP contribution in [-0.2, 0) is 32.2 Å². The van der Waals surface area contributed by atoms with Crippen molar-refractivity contribution in [3.8, 4) is 33.6 Å². The van der Waals surface area contributed by atoms with Crippen molar-refractivity contribution in [3.05, 3.63) is 101 Å². The Balaban J connectivity index is 0.000000514. The number of fused-ring (bicyclic) bond motifs is 6. The Kier molecular flexibility index (Phi) is 7.19. The summed E-state index contributed by atoms with van der Waals surface area (Å²) < 4.78 is 41.7. The van der Waals surface area contributed by atoms with Crippen LogP contribution in [0.15, 0.2) is 78.9 Å². The van der Waals surface area contributed by atoms with Gasteiger partial charge in [-0.2, -0.15) is 4.57 Å². The van der Waals surface area contributed by atoms with Crippen molar-refractivity contribution in [1.29, 1.82) is 0 Å². The molecule has 6 heteroatoms. The molecule has 37 heavy (non-hydrogen) atoms. The van der Waals surface area contributed by atoms with Crippen LogP contribution in [0, 0.1) is 0 Å². The van der Waals surface area contributed by atoms with Crippen molar-refractivity contribution in [3.63, 3.8) is 0 Å². The maximum absolute atomic E-state index is 9.75. The van der Waals surface area contributed by atoms with E-state index in [0.29, 0.717) is 0 Å². The first-order chi connectivity index (χ1) is 17.9. The van der Waals surface area contributed by atoms with Gasteiger partial charge in [-0.25, -0.2) is 0 Å². The molecule has 0 saturated heterocycles. The molecule has 0 spiro atoms. The van der Waals surface area contributed by atoms with Crippen LogP contribution in [-0.4, -0.2) is 7.25 Å². The molecule has 3 aromatic carbocycles. The fourth-order valence-electron chi connectivity index (χ4n) is 5.91. The normalized spacial score (nSPS) is 13.4. The SMILES string of the molecule is CCCC[n+]1c2c(c(-c3ccccc3)c3c1-c1ccccc1CC3)CCc1ccccc1-2.F[B-](F)(F)F. The topological polar surface area (TPSA) is 3.88 Å². The van der Waals surface area contributed by atoms with Crippen LogP contribution in [0.1, 0.15) is 42.0 Å². The second-order valence-corrected chi connectivity index (χ2v) is 9.71. The molecule has 2 aliphatic rings. The van der Waals surface area contributed by atoms with E-state index < -0.39 is 7.25 Å². The molecule has 6 rings (SSSR count). The first kappa shape index (κ1) is 25.3.